The van der Waals surface area contributed by atoms with Crippen LogP contribution in [0.3, 0.4) is 0 Å². The number of aromatic nitrogens is 1. The molecule has 0 fully saturated rings. The largest absolute Gasteiger partial charge is 0.502 e. The normalized spacial score (nSPS) is 10.7. The Kier molecular flexibility index (Phi) is 5.41. The van der Waals surface area contributed by atoms with Crippen molar-refractivity contribution in [2.75, 3.05) is 14.2 Å². The number of para-hydroxylation sites is 1. The van der Waals surface area contributed by atoms with Gasteiger partial charge in [0.2, 0.25) is 5.75 Å². The lowest BCUT2D eigenvalue weighted by atomic mass is 10.1. The second-order valence-electron chi connectivity index (χ2n) is 5.58. The monoisotopic (exact) mass is 365 g/mol. The zero-order valence-electron chi connectivity index (χ0n) is 14.9. The van der Waals surface area contributed by atoms with Crippen LogP contribution in [0, 0.1) is 0 Å². The van der Waals surface area contributed by atoms with Gasteiger partial charge in [-0.05, 0) is 36.4 Å². The van der Waals surface area contributed by atoms with Crippen molar-refractivity contribution in [3.63, 3.8) is 0 Å². The van der Waals surface area contributed by atoms with E-state index in [2.05, 4.69) is 10.5 Å². The molecule has 0 unspecified atom stereocenters. The Hall–Kier alpha value is -3.74. The number of benzene rings is 2. The van der Waals surface area contributed by atoms with Crippen LogP contribution in [-0.2, 0) is 0 Å². The lowest BCUT2D eigenvalue weighted by Gasteiger charge is -2.10. The summed E-state index contributed by atoms with van der Waals surface area (Å²) in [5.41, 5.74) is 4.36. The molecule has 7 nitrogen and oxygen atoms in total. The average molecular weight is 365 g/mol. The van der Waals surface area contributed by atoms with Crippen LogP contribution in [0.1, 0.15) is 15.9 Å². The van der Waals surface area contributed by atoms with Crippen molar-refractivity contribution in [1.82, 2.24) is 9.99 Å². The third kappa shape index (κ3) is 3.92. The summed E-state index contributed by atoms with van der Waals surface area (Å²) < 4.78 is 12.1. The summed E-state index contributed by atoms with van der Waals surface area (Å²) in [5, 5.41) is 13.9. The smallest absolute Gasteiger partial charge is 0.273 e. The molecule has 0 bridgehead atoms. The zero-order valence-corrected chi connectivity index (χ0v) is 14.9. The molecule has 2 aromatic carbocycles. The number of aromatic hydroxyl groups is 1. The van der Waals surface area contributed by atoms with E-state index in [1.807, 2.05) is 41.2 Å². The number of phenols is 1. The van der Waals surface area contributed by atoms with Crippen LogP contribution in [0.4, 0.5) is 0 Å². The minimum atomic E-state index is -0.340. The number of rotatable bonds is 6. The average Bonchev–Trinajstić information content (AvgIpc) is 3.23. The van der Waals surface area contributed by atoms with Crippen LogP contribution >= 0.6 is 0 Å². The predicted octanol–water partition coefficient (Wildman–Crippen LogP) is 2.96. The van der Waals surface area contributed by atoms with Crippen LogP contribution in [0.15, 0.2) is 66.0 Å². The van der Waals surface area contributed by atoms with E-state index >= 15 is 0 Å². The van der Waals surface area contributed by atoms with Gasteiger partial charge in [0.05, 0.1) is 31.7 Å². The van der Waals surface area contributed by atoms with E-state index < -0.39 is 0 Å². The van der Waals surface area contributed by atoms with E-state index in [0.29, 0.717) is 11.1 Å². The number of nitrogens with zero attached hydrogens (tertiary/aromatic N) is 2. The topological polar surface area (TPSA) is 85.1 Å². The molecule has 0 radical (unpaired) electrons. The maximum absolute atomic E-state index is 12.5. The Morgan fingerprint density at radius 1 is 1.07 bits per heavy atom. The Labute approximate surface area is 156 Å². The fourth-order valence-corrected chi connectivity index (χ4v) is 2.60. The third-order valence-electron chi connectivity index (χ3n) is 3.91. The van der Waals surface area contributed by atoms with Crippen LogP contribution in [0.5, 0.6) is 17.2 Å². The highest BCUT2D eigenvalue weighted by Gasteiger charge is 2.12. The van der Waals surface area contributed by atoms with Crippen molar-refractivity contribution >= 4 is 12.1 Å². The predicted molar refractivity (Wildman–Crippen MR) is 102 cm³/mol. The molecule has 2 N–H and O–H groups in total. The first-order valence-corrected chi connectivity index (χ1v) is 8.15. The molecule has 0 saturated carbocycles. The molecule has 0 saturated heterocycles. The number of carbonyl (C=O) groups excluding carboxylic acids is 1. The molecule has 7 heteroatoms. The van der Waals surface area contributed by atoms with Gasteiger partial charge in [-0.3, -0.25) is 4.79 Å². The van der Waals surface area contributed by atoms with Crippen LogP contribution < -0.4 is 14.9 Å². The van der Waals surface area contributed by atoms with Crippen molar-refractivity contribution in [3.05, 3.63) is 72.1 Å². The van der Waals surface area contributed by atoms with Gasteiger partial charge in [-0.25, -0.2) is 5.43 Å². The SMILES string of the molecule is COc1cc(C=NNC(=O)c2ccccc2-n2cccc2)cc(OC)c1O. The molecule has 1 amide bonds. The summed E-state index contributed by atoms with van der Waals surface area (Å²) in [7, 11) is 2.88. The number of hydrogen-bond donors (Lipinski definition) is 2. The maximum atomic E-state index is 12.5. The fourth-order valence-electron chi connectivity index (χ4n) is 2.60. The number of amides is 1. The molecule has 0 aliphatic rings. The van der Waals surface area contributed by atoms with Crippen LogP contribution in [0.25, 0.3) is 5.69 Å². The van der Waals surface area contributed by atoms with Gasteiger partial charge < -0.3 is 19.1 Å². The summed E-state index contributed by atoms with van der Waals surface area (Å²) in [6, 6.07) is 14.2. The van der Waals surface area contributed by atoms with Crippen molar-refractivity contribution in [2.24, 2.45) is 5.10 Å². The van der Waals surface area contributed by atoms with Gasteiger partial charge in [-0.15, -0.1) is 0 Å². The highest BCUT2D eigenvalue weighted by atomic mass is 16.5. The lowest BCUT2D eigenvalue weighted by Crippen LogP contribution is -2.19. The quantitative estimate of drug-likeness (QED) is 0.519. The number of methoxy groups -OCH3 is 2. The summed E-state index contributed by atoms with van der Waals surface area (Å²) in [5.74, 6) is 0.0650. The first-order chi connectivity index (χ1) is 13.1. The molecule has 27 heavy (non-hydrogen) atoms. The Bertz CT molecular complexity index is 940. The van der Waals surface area contributed by atoms with Gasteiger partial charge in [0.1, 0.15) is 0 Å². The molecule has 138 valence electrons. The molecule has 3 rings (SSSR count). The molecule has 1 aromatic heterocycles. The Balaban J connectivity index is 1.79. The zero-order chi connectivity index (χ0) is 19.2. The van der Waals surface area contributed by atoms with Crippen molar-refractivity contribution in [1.29, 1.82) is 0 Å². The summed E-state index contributed by atoms with van der Waals surface area (Å²) >= 11 is 0. The molecule has 1 heterocycles. The number of phenolic OH excluding ortho intramolecular Hbond substituents is 1. The molecular formula is C20H19N3O4. The molecule has 0 aliphatic carbocycles. The number of ether oxygens (including phenoxy) is 2. The second-order valence-corrected chi connectivity index (χ2v) is 5.58. The highest BCUT2D eigenvalue weighted by Crippen LogP contribution is 2.36. The Morgan fingerprint density at radius 2 is 1.70 bits per heavy atom. The van der Waals surface area contributed by atoms with E-state index in [9.17, 15) is 9.90 Å². The van der Waals surface area contributed by atoms with E-state index in [1.165, 1.54) is 20.4 Å². The molecule has 0 aliphatic heterocycles. The van der Waals surface area contributed by atoms with Crippen molar-refractivity contribution in [3.8, 4) is 22.9 Å². The molecule has 0 spiro atoms. The minimum Gasteiger partial charge on any atom is -0.502 e. The standard InChI is InChI=1S/C20H19N3O4/c1-26-17-11-14(12-18(27-2)19(17)24)13-21-22-20(25)15-7-3-4-8-16(15)23-9-5-6-10-23/h3-13,24H,1-2H3,(H,22,25). The minimum absolute atomic E-state index is 0.0955. The summed E-state index contributed by atoms with van der Waals surface area (Å²) in [6.45, 7) is 0. The van der Waals surface area contributed by atoms with Gasteiger partial charge in [-0.1, -0.05) is 12.1 Å². The van der Waals surface area contributed by atoms with Gasteiger partial charge in [-0.2, -0.15) is 5.10 Å². The summed E-state index contributed by atoms with van der Waals surface area (Å²) in [6.07, 6.45) is 5.18. The lowest BCUT2D eigenvalue weighted by molar-refractivity contribution is 0.0955. The first kappa shape index (κ1) is 18.1. The van der Waals surface area contributed by atoms with Crippen molar-refractivity contribution < 1.29 is 19.4 Å². The van der Waals surface area contributed by atoms with Gasteiger partial charge in [0.15, 0.2) is 11.5 Å². The maximum Gasteiger partial charge on any atom is 0.273 e. The number of carbonyl (C=O) groups is 1. The van der Waals surface area contributed by atoms with E-state index in [-0.39, 0.29) is 23.2 Å². The van der Waals surface area contributed by atoms with Gasteiger partial charge in [0.25, 0.3) is 5.91 Å². The van der Waals surface area contributed by atoms with E-state index in [4.69, 9.17) is 9.47 Å². The molecule has 3 aromatic rings. The number of hydrogen-bond acceptors (Lipinski definition) is 5. The second kappa shape index (κ2) is 8.09. The molecular weight excluding hydrogens is 346 g/mol. The van der Waals surface area contributed by atoms with E-state index in [0.717, 1.165) is 5.69 Å². The fraction of sp³-hybridized carbons (Fsp3) is 0.100. The van der Waals surface area contributed by atoms with Crippen molar-refractivity contribution in [2.45, 2.75) is 0 Å². The molecule has 0 atom stereocenters. The summed E-state index contributed by atoms with van der Waals surface area (Å²) in [4.78, 5) is 12.5. The number of hydrazone groups is 1. The number of nitrogens with one attached hydrogen (secondary N) is 1. The van der Waals surface area contributed by atoms with Crippen LogP contribution in [0.2, 0.25) is 0 Å². The highest BCUT2D eigenvalue weighted by molar-refractivity contribution is 5.98. The van der Waals surface area contributed by atoms with E-state index in [1.54, 1.807) is 24.3 Å². The third-order valence-corrected chi connectivity index (χ3v) is 3.91. The first-order valence-electron chi connectivity index (χ1n) is 8.15. The van der Waals surface area contributed by atoms with Gasteiger partial charge in [0, 0.05) is 18.0 Å². The van der Waals surface area contributed by atoms with Gasteiger partial charge >= 0.3 is 0 Å². The Morgan fingerprint density at radius 3 is 2.33 bits per heavy atom. The van der Waals surface area contributed by atoms with Crippen LogP contribution in [-0.4, -0.2) is 36.0 Å².